The van der Waals surface area contributed by atoms with Gasteiger partial charge in [0.15, 0.2) is 29.6 Å². The van der Waals surface area contributed by atoms with Gasteiger partial charge < -0.3 is 24.8 Å². The number of carbonyl (C=O) groups is 1. The van der Waals surface area contributed by atoms with E-state index < -0.39 is 51.8 Å². The first-order valence-corrected chi connectivity index (χ1v) is 18.2. The molecular formula is C42H37F5N4O6. The summed E-state index contributed by atoms with van der Waals surface area (Å²) in [5.74, 6) is -12.6. The van der Waals surface area contributed by atoms with Gasteiger partial charge in [0.2, 0.25) is 5.82 Å². The molecule has 1 amide bonds. The van der Waals surface area contributed by atoms with E-state index in [1.54, 1.807) is 36.4 Å². The summed E-state index contributed by atoms with van der Waals surface area (Å²) in [5.41, 5.74) is 3.75. The molecule has 15 heteroatoms. The van der Waals surface area contributed by atoms with Gasteiger partial charge >= 0.3 is 0 Å². The molecule has 0 saturated carbocycles. The molecule has 0 aliphatic carbocycles. The van der Waals surface area contributed by atoms with Crippen LogP contribution in [-0.4, -0.2) is 59.7 Å². The van der Waals surface area contributed by atoms with Crippen molar-refractivity contribution in [1.29, 1.82) is 0 Å². The number of carbonyl (C=O) groups excluding carboxylic acids is 1. The average molecular weight is 789 g/mol. The number of aliphatic hydroxyl groups excluding tert-OH is 1. The van der Waals surface area contributed by atoms with E-state index >= 15 is 0 Å². The zero-order valence-electron chi connectivity index (χ0n) is 30.3. The lowest BCUT2D eigenvalue weighted by Gasteiger charge is -2.41. The highest BCUT2D eigenvalue weighted by atomic mass is 19.2. The normalized spacial score (nSPS) is 18.7. The number of rotatable bonds is 11. The lowest BCUT2D eigenvalue weighted by molar-refractivity contribution is -0.384. The number of benzene rings is 5. The number of nitrogens with zero attached hydrogens (tertiary/aromatic N) is 3. The number of ether oxygens (including phenoxy) is 2. The number of piperazine rings is 1. The minimum atomic E-state index is -2.35. The highest BCUT2D eigenvalue weighted by Gasteiger charge is 2.34. The Morgan fingerprint density at radius 1 is 0.772 bits per heavy atom. The van der Waals surface area contributed by atoms with Crippen molar-refractivity contribution < 1.29 is 46.3 Å². The minimum absolute atomic E-state index is 0.0468. The summed E-state index contributed by atoms with van der Waals surface area (Å²) in [6, 6.07) is 28.4. The lowest BCUT2D eigenvalue weighted by Crippen LogP contribution is -2.49. The maximum atomic E-state index is 14.3. The molecule has 2 saturated heterocycles. The molecule has 5 aromatic rings. The molecule has 2 fully saturated rings. The molecule has 0 unspecified atom stereocenters. The van der Waals surface area contributed by atoms with Crippen molar-refractivity contribution in [3.63, 3.8) is 0 Å². The van der Waals surface area contributed by atoms with E-state index in [1.807, 2.05) is 48.5 Å². The van der Waals surface area contributed by atoms with Crippen molar-refractivity contribution in [2.24, 2.45) is 0 Å². The van der Waals surface area contributed by atoms with Gasteiger partial charge in [-0.2, -0.15) is 0 Å². The van der Waals surface area contributed by atoms with E-state index in [-0.39, 0.29) is 31.0 Å². The summed E-state index contributed by atoms with van der Waals surface area (Å²) in [6.07, 6.45) is -0.680. The van der Waals surface area contributed by atoms with Crippen LogP contribution in [0.5, 0.6) is 0 Å². The summed E-state index contributed by atoms with van der Waals surface area (Å²) in [5, 5.41) is 22.9. The smallest absolute Gasteiger partial charge is 0.269 e. The molecule has 0 radical (unpaired) electrons. The van der Waals surface area contributed by atoms with Gasteiger partial charge in [0, 0.05) is 69.1 Å². The predicted octanol–water partition coefficient (Wildman–Crippen LogP) is 7.75. The van der Waals surface area contributed by atoms with Crippen molar-refractivity contribution in [3.05, 3.63) is 164 Å². The second-order valence-electron chi connectivity index (χ2n) is 13.8. The van der Waals surface area contributed by atoms with Crippen LogP contribution in [0.1, 0.15) is 51.4 Å². The van der Waals surface area contributed by atoms with Crippen LogP contribution in [0.4, 0.5) is 33.3 Å². The summed E-state index contributed by atoms with van der Waals surface area (Å²) in [7, 11) is 0. The predicted molar refractivity (Wildman–Crippen MR) is 199 cm³/mol. The highest BCUT2D eigenvalue weighted by Crippen LogP contribution is 2.39. The molecule has 2 aliphatic heterocycles. The molecule has 0 bridgehead atoms. The fourth-order valence-electron chi connectivity index (χ4n) is 7.14. The number of non-ortho nitro benzene ring substituents is 1. The van der Waals surface area contributed by atoms with Crippen LogP contribution in [0.15, 0.2) is 97.1 Å². The SMILES string of the molecule is O=C(NCc1ccccc1-c1ccc([C@H]2O[C@@H](CN3CCN(c4ccc([N+](=O)[O-])cc4)CC3)C[C@@H](c3ccc(CO)cc3)O2)cc1)c1c(F)c(F)c(F)c(F)c1F. The topological polar surface area (TPSA) is 117 Å². The van der Waals surface area contributed by atoms with Crippen molar-refractivity contribution >= 4 is 17.3 Å². The van der Waals surface area contributed by atoms with Gasteiger partial charge in [-0.1, -0.05) is 72.8 Å². The average Bonchev–Trinajstić information content (AvgIpc) is 3.24. The maximum absolute atomic E-state index is 14.3. The monoisotopic (exact) mass is 788 g/mol. The maximum Gasteiger partial charge on any atom is 0.269 e. The Morgan fingerprint density at radius 3 is 2.02 bits per heavy atom. The Kier molecular flexibility index (Phi) is 11.9. The third-order valence-corrected chi connectivity index (χ3v) is 10.3. The fourth-order valence-corrected chi connectivity index (χ4v) is 7.14. The molecule has 2 heterocycles. The Hall–Kier alpha value is -5.74. The second kappa shape index (κ2) is 17.2. The third-order valence-electron chi connectivity index (χ3n) is 10.3. The Labute approximate surface area is 324 Å². The molecule has 57 heavy (non-hydrogen) atoms. The highest BCUT2D eigenvalue weighted by molar-refractivity contribution is 5.95. The Bertz CT molecular complexity index is 2210. The first kappa shape index (κ1) is 39.5. The number of nitrogens with one attached hydrogen (secondary N) is 1. The number of hydrogen-bond donors (Lipinski definition) is 2. The van der Waals surface area contributed by atoms with Crippen LogP contribution in [0.25, 0.3) is 11.1 Å². The zero-order valence-corrected chi connectivity index (χ0v) is 30.3. The number of anilines is 1. The standard InChI is InChI=1S/C42H37F5N4O6/c43-36-35(37(44)39(46)40(47)38(36)45)41(53)48-22-29-3-1-2-4-33(29)26-9-11-28(12-10-26)42-56-32(21-34(57-42)27-7-5-25(24-52)6-8-27)23-49-17-19-50(20-18-49)30-13-15-31(16-14-30)51(54)55/h1-16,32,34,42,52H,17-24H2,(H,48,53)/t32-,34+,42+/m1/s1. The number of halogens is 5. The molecular weight excluding hydrogens is 751 g/mol. The third kappa shape index (κ3) is 8.66. The molecule has 0 spiro atoms. The van der Waals surface area contributed by atoms with Crippen molar-refractivity contribution in [2.75, 3.05) is 37.6 Å². The van der Waals surface area contributed by atoms with Crippen molar-refractivity contribution in [2.45, 2.75) is 38.1 Å². The van der Waals surface area contributed by atoms with E-state index in [0.717, 1.165) is 48.6 Å². The summed E-state index contributed by atoms with van der Waals surface area (Å²) >= 11 is 0. The van der Waals surface area contributed by atoms with Crippen LogP contribution in [0.2, 0.25) is 0 Å². The van der Waals surface area contributed by atoms with Crippen LogP contribution < -0.4 is 10.2 Å². The van der Waals surface area contributed by atoms with Gasteiger partial charge in [-0.3, -0.25) is 19.8 Å². The largest absolute Gasteiger partial charge is 0.392 e. The minimum Gasteiger partial charge on any atom is -0.392 e. The lowest BCUT2D eigenvalue weighted by atomic mass is 9.97. The molecule has 296 valence electrons. The molecule has 5 aromatic carbocycles. The summed E-state index contributed by atoms with van der Waals surface area (Å²) in [6.45, 7) is 3.27. The molecule has 10 nitrogen and oxygen atoms in total. The van der Waals surface area contributed by atoms with E-state index in [1.165, 1.54) is 12.1 Å². The number of aliphatic hydroxyl groups is 1. The summed E-state index contributed by atoms with van der Waals surface area (Å²) < 4.78 is 82.7. The molecule has 3 atom stereocenters. The number of hydrogen-bond acceptors (Lipinski definition) is 8. The van der Waals surface area contributed by atoms with Gasteiger partial charge in [0.25, 0.3) is 11.6 Å². The van der Waals surface area contributed by atoms with E-state index in [4.69, 9.17) is 9.47 Å². The van der Waals surface area contributed by atoms with Gasteiger partial charge in [-0.15, -0.1) is 0 Å². The van der Waals surface area contributed by atoms with Gasteiger partial charge in [0.05, 0.1) is 23.7 Å². The van der Waals surface area contributed by atoms with Crippen LogP contribution >= 0.6 is 0 Å². The van der Waals surface area contributed by atoms with Crippen molar-refractivity contribution in [1.82, 2.24) is 10.2 Å². The number of nitro benzene ring substituents is 1. The molecule has 7 rings (SSSR count). The van der Waals surface area contributed by atoms with Crippen LogP contribution in [-0.2, 0) is 22.6 Å². The molecule has 2 N–H and O–H groups in total. The van der Waals surface area contributed by atoms with Gasteiger partial charge in [0.1, 0.15) is 5.56 Å². The van der Waals surface area contributed by atoms with Gasteiger partial charge in [-0.05, 0) is 39.9 Å². The van der Waals surface area contributed by atoms with E-state index in [2.05, 4.69) is 15.1 Å². The zero-order chi connectivity index (χ0) is 40.2. The molecule has 2 aliphatic rings. The molecule has 0 aromatic heterocycles. The number of nitro groups is 1. The van der Waals surface area contributed by atoms with E-state index in [0.29, 0.717) is 29.7 Å². The van der Waals surface area contributed by atoms with Crippen LogP contribution in [0, 0.1) is 39.2 Å². The van der Waals surface area contributed by atoms with Crippen molar-refractivity contribution in [3.8, 4) is 11.1 Å². The fraction of sp³-hybridized carbons (Fsp3) is 0.262. The summed E-state index contributed by atoms with van der Waals surface area (Å²) in [4.78, 5) is 27.8. The second-order valence-corrected chi connectivity index (χ2v) is 13.8. The Balaban J connectivity index is 1.05. The van der Waals surface area contributed by atoms with Gasteiger partial charge in [-0.25, -0.2) is 22.0 Å². The van der Waals surface area contributed by atoms with E-state index in [9.17, 15) is 42.0 Å². The first-order valence-electron chi connectivity index (χ1n) is 18.2. The quantitative estimate of drug-likeness (QED) is 0.0459. The first-order chi connectivity index (χ1) is 27.5. The van der Waals surface area contributed by atoms with Crippen LogP contribution in [0.3, 0.4) is 0 Å². The Morgan fingerprint density at radius 2 is 1.39 bits per heavy atom. The number of amides is 1.